The molecule has 4 aromatic rings. The van der Waals surface area contributed by atoms with E-state index in [-0.39, 0.29) is 37.5 Å². The molecule has 4 aromatic carbocycles. The Hall–Kier alpha value is -2.93. The molecule has 3 fully saturated rings. The third-order valence-electron chi connectivity index (χ3n) is 11.3. The maximum atomic E-state index is 13.3. The topological polar surface area (TPSA) is 117 Å². The van der Waals surface area contributed by atoms with Crippen molar-refractivity contribution in [3.63, 3.8) is 0 Å². The molecule has 0 amide bonds. The highest BCUT2D eigenvalue weighted by Crippen LogP contribution is 2.49. The van der Waals surface area contributed by atoms with Gasteiger partial charge >= 0.3 is 16.6 Å². The lowest BCUT2D eigenvalue weighted by molar-refractivity contribution is -0.137. The van der Waals surface area contributed by atoms with Gasteiger partial charge in [0.1, 0.15) is 6.10 Å². The lowest BCUT2D eigenvalue weighted by Gasteiger charge is -2.38. The number of anilines is 2. The van der Waals surface area contributed by atoms with Gasteiger partial charge in [-0.15, -0.1) is 24.8 Å². The van der Waals surface area contributed by atoms with Crippen molar-refractivity contribution in [1.82, 2.24) is 14.7 Å². The Morgan fingerprint density at radius 1 is 0.733 bits per heavy atom. The molecular weight excluding hydrogens is 861 g/mol. The molecule has 3 saturated heterocycles. The largest absolute Gasteiger partial charge is 0.416 e. The first kappa shape index (κ1) is 49.7. The van der Waals surface area contributed by atoms with Crippen LogP contribution in [0.2, 0.25) is 0 Å². The number of nitrogens with zero attached hydrogens (tertiary/aromatic N) is 4. The Kier molecular flexibility index (Phi) is 19.0. The lowest BCUT2D eigenvalue weighted by Crippen LogP contribution is -2.47. The van der Waals surface area contributed by atoms with Crippen molar-refractivity contribution < 1.29 is 40.5 Å². The summed E-state index contributed by atoms with van der Waals surface area (Å²) >= 11 is 1.53. The third-order valence-corrected chi connectivity index (χ3v) is 12.4. The number of fused-ring (bicyclic) bond motifs is 4. The van der Waals surface area contributed by atoms with E-state index in [2.05, 4.69) is 82.4 Å². The van der Waals surface area contributed by atoms with E-state index in [9.17, 15) is 13.2 Å². The van der Waals surface area contributed by atoms with Crippen molar-refractivity contribution in [2.45, 2.75) is 72.4 Å². The number of ether oxygens (including phenoxy) is 1. The zero-order valence-corrected chi connectivity index (χ0v) is 36.7. The fourth-order valence-electron chi connectivity index (χ4n) is 8.35. The Morgan fingerprint density at radius 2 is 1.23 bits per heavy atom. The molecule has 60 heavy (non-hydrogen) atoms. The van der Waals surface area contributed by atoms with Crippen molar-refractivity contribution in [3.05, 3.63) is 120 Å². The SMILES string of the molecule is CN1C2CCC1CC(OC(c1ccccc1)c1ccccc1)C2.Cl.Cl.O=S(=O)(O)O.OCCN1CCN(CCCN2c3ccccc3Sc3ccc(C(F)(F)F)cc32)CC1. The molecule has 0 aromatic heterocycles. The summed E-state index contributed by atoms with van der Waals surface area (Å²) in [6, 6.07) is 34.7. The van der Waals surface area contributed by atoms with E-state index in [0.29, 0.717) is 37.0 Å². The molecule has 2 atom stereocenters. The second kappa shape index (κ2) is 23.0. The third kappa shape index (κ3) is 14.0. The molecule has 0 radical (unpaired) electrons. The molecule has 0 aliphatic carbocycles. The molecule has 17 heteroatoms. The van der Waals surface area contributed by atoms with Crippen molar-refractivity contribution in [2.75, 3.05) is 64.4 Å². The molecule has 2 unspecified atom stereocenters. The van der Waals surface area contributed by atoms with E-state index in [1.165, 1.54) is 60.7 Å². The van der Waals surface area contributed by atoms with E-state index in [1.54, 1.807) is 6.07 Å². The summed E-state index contributed by atoms with van der Waals surface area (Å²) < 4.78 is 78.2. The van der Waals surface area contributed by atoms with Gasteiger partial charge in [-0.2, -0.15) is 21.6 Å². The van der Waals surface area contributed by atoms with Crippen LogP contribution in [0.5, 0.6) is 0 Å². The number of rotatable bonds is 10. The summed E-state index contributed by atoms with van der Waals surface area (Å²) in [6.45, 7) is 6.29. The lowest BCUT2D eigenvalue weighted by atomic mass is 9.97. The van der Waals surface area contributed by atoms with Crippen LogP contribution in [-0.2, 0) is 21.3 Å². The maximum Gasteiger partial charge on any atom is 0.416 e. The van der Waals surface area contributed by atoms with E-state index < -0.39 is 22.1 Å². The van der Waals surface area contributed by atoms with Crippen LogP contribution in [0.15, 0.2) is 113 Å². The average molecular weight is 916 g/mol. The van der Waals surface area contributed by atoms with Gasteiger partial charge in [-0.3, -0.25) is 14.0 Å². The van der Waals surface area contributed by atoms with Crippen molar-refractivity contribution in [1.29, 1.82) is 0 Å². The minimum atomic E-state index is -4.67. The fraction of sp³-hybridized carbons (Fsp3) is 0.442. The molecule has 8 rings (SSSR count). The second-order valence-electron chi connectivity index (χ2n) is 15.1. The Balaban J connectivity index is 0.000000236. The Bertz CT molecular complexity index is 1960. The quantitative estimate of drug-likeness (QED) is 0.133. The maximum absolute atomic E-state index is 13.3. The fourth-order valence-corrected chi connectivity index (χ4v) is 9.42. The van der Waals surface area contributed by atoms with Crippen LogP contribution in [-0.4, -0.2) is 115 Å². The molecular formula is C43H55Cl2F3N4O6S2. The van der Waals surface area contributed by atoms with E-state index in [0.717, 1.165) is 54.6 Å². The number of piperazine rings is 1. The summed E-state index contributed by atoms with van der Waals surface area (Å²) in [4.78, 5) is 11.2. The number of benzene rings is 4. The minimum Gasteiger partial charge on any atom is -0.395 e. The Morgan fingerprint density at radius 3 is 1.77 bits per heavy atom. The van der Waals surface area contributed by atoms with Crippen LogP contribution < -0.4 is 4.90 Å². The average Bonchev–Trinajstić information content (AvgIpc) is 3.39. The van der Waals surface area contributed by atoms with Crippen LogP contribution in [0.1, 0.15) is 54.9 Å². The molecule has 4 heterocycles. The van der Waals surface area contributed by atoms with Crippen LogP contribution in [0, 0.1) is 0 Å². The Labute approximate surface area is 368 Å². The van der Waals surface area contributed by atoms with Gasteiger partial charge in [-0.1, -0.05) is 84.6 Å². The normalized spacial score (nSPS) is 20.3. The highest BCUT2D eigenvalue weighted by Gasteiger charge is 2.40. The van der Waals surface area contributed by atoms with E-state index >= 15 is 0 Å². The van der Waals surface area contributed by atoms with E-state index in [1.807, 2.05) is 29.2 Å². The molecule has 0 saturated carbocycles. The van der Waals surface area contributed by atoms with Gasteiger partial charge in [0.05, 0.1) is 29.6 Å². The van der Waals surface area contributed by atoms with Gasteiger partial charge in [0.2, 0.25) is 0 Å². The van der Waals surface area contributed by atoms with Gasteiger partial charge < -0.3 is 24.5 Å². The first-order valence-electron chi connectivity index (χ1n) is 19.7. The molecule has 0 spiro atoms. The number of aliphatic hydroxyl groups excluding tert-OH is 1. The van der Waals surface area contributed by atoms with Crippen LogP contribution in [0.4, 0.5) is 24.5 Å². The number of halogens is 5. The summed E-state index contributed by atoms with van der Waals surface area (Å²) in [5.41, 5.74) is 3.52. The number of para-hydroxylation sites is 1. The zero-order chi connectivity index (χ0) is 41.3. The van der Waals surface area contributed by atoms with Gasteiger partial charge in [-0.25, -0.2) is 0 Å². The standard InChI is InChI=1S/C22H26F3N3OS.C21H25NO.2ClH.H2O4S/c23-22(24,25)17-6-7-21-19(16-17)28(18-4-1-2-5-20(18)30-21)9-3-8-26-10-12-27(13-11-26)14-15-29;1-22-18-12-13-19(22)15-20(14-18)23-21(16-8-4-2-5-9-16)17-10-6-3-7-11-17;;;1-5(2,3)4/h1-2,4-7,16,29H,3,8-15H2;2-11,18-21H,12-15H2,1H3;2*1H;(H2,1,2,3,4). The molecule has 4 aliphatic rings. The monoisotopic (exact) mass is 914 g/mol. The highest BCUT2D eigenvalue weighted by atomic mass is 35.5. The summed E-state index contributed by atoms with van der Waals surface area (Å²) in [6.07, 6.45) is 1.95. The predicted octanol–water partition coefficient (Wildman–Crippen LogP) is 8.92. The number of hydrogen-bond donors (Lipinski definition) is 3. The van der Waals surface area contributed by atoms with Crippen LogP contribution >= 0.6 is 36.6 Å². The zero-order valence-electron chi connectivity index (χ0n) is 33.4. The molecule has 3 N–H and O–H groups in total. The van der Waals surface area contributed by atoms with Crippen LogP contribution in [0.25, 0.3) is 0 Å². The smallest absolute Gasteiger partial charge is 0.395 e. The summed E-state index contributed by atoms with van der Waals surface area (Å²) in [5.74, 6) is 0. The van der Waals surface area contributed by atoms with Crippen molar-refractivity contribution >= 4 is 58.3 Å². The minimum absolute atomic E-state index is 0. The molecule has 2 bridgehead atoms. The van der Waals surface area contributed by atoms with Crippen molar-refractivity contribution in [3.8, 4) is 0 Å². The molecule has 330 valence electrons. The van der Waals surface area contributed by atoms with Gasteiger partial charge in [0.25, 0.3) is 0 Å². The highest BCUT2D eigenvalue weighted by molar-refractivity contribution is 7.99. The number of aliphatic hydroxyl groups is 1. The van der Waals surface area contributed by atoms with Gasteiger partial charge in [-0.05, 0) is 87.2 Å². The first-order chi connectivity index (χ1) is 27.8. The van der Waals surface area contributed by atoms with Crippen molar-refractivity contribution in [2.24, 2.45) is 0 Å². The molecule has 10 nitrogen and oxygen atoms in total. The van der Waals surface area contributed by atoms with Crippen LogP contribution in [0.3, 0.4) is 0 Å². The second-order valence-corrected chi connectivity index (χ2v) is 17.1. The number of alkyl halides is 3. The molecule has 4 aliphatic heterocycles. The number of piperidine rings is 1. The van der Waals surface area contributed by atoms with E-state index in [4.69, 9.17) is 27.4 Å². The number of β-amino-alcohol motifs (C(OH)–C–C–N with tert-alkyl or cyclic N) is 1. The summed E-state index contributed by atoms with van der Waals surface area (Å²) in [7, 11) is -2.38. The van der Waals surface area contributed by atoms with Gasteiger partial charge in [0, 0.05) is 61.1 Å². The number of hydrogen-bond acceptors (Lipinski definition) is 9. The first-order valence-corrected chi connectivity index (χ1v) is 22.0. The summed E-state index contributed by atoms with van der Waals surface area (Å²) in [5, 5.41) is 9.07. The predicted molar refractivity (Wildman–Crippen MR) is 236 cm³/mol. The van der Waals surface area contributed by atoms with Gasteiger partial charge in [0.15, 0.2) is 0 Å².